The number of amides is 1. The minimum absolute atomic E-state index is 0.0490. The zero-order valence-corrected chi connectivity index (χ0v) is 16.4. The maximum absolute atomic E-state index is 12.7. The van der Waals surface area contributed by atoms with Crippen molar-refractivity contribution in [1.82, 2.24) is 15.4 Å². The number of fused-ring (bicyclic) bond motifs is 1. The highest BCUT2D eigenvalue weighted by Gasteiger charge is 2.21. The SMILES string of the molecule is CCNS(=O)(=O)c1ccc(C)c(C(=O)NCC2NCCc3ccccc32)c1. The van der Waals surface area contributed by atoms with E-state index in [-0.39, 0.29) is 16.8 Å². The van der Waals surface area contributed by atoms with Gasteiger partial charge in [0.15, 0.2) is 0 Å². The fourth-order valence-electron chi connectivity index (χ4n) is 3.35. The van der Waals surface area contributed by atoms with Crippen LogP contribution in [0.2, 0.25) is 0 Å². The summed E-state index contributed by atoms with van der Waals surface area (Å²) >= 11 is 0. The van der Waals surface area contributed by atoms with Crippen LogP contribution >= 0.6 is 0 Å². The van der Waals surface area contributed by atoms with Gasteiger partial charge in [0.1, 0.15) is 0 Å². The van der Waals surface area contributed by atoms with Gasteiger partial charge < -0.3 is 10.6 Å². The van der Waals surface area contributed by atoms with Crippen molar-refractivity contribution in [1.29, 1.82) is 0 Å². The molecule has 1 amide bonds. The number of sulfonamides is 1. The van der Waals surface area contributed by atoms with E-state index in [9.17, 15) is 13.2 Å². The molecule has 27 heavy (non-hydrogen) atoms. The molecule has 0 fully saturated rings. The minimum Gasteiger partial charge on any atom is -0.350 e. The highest BCUT2D eigenvalue weighted by molar-refractivity contribution is 7.89. The third kappa shape index (κ3) is 4.37. The van der Waals surface area contributed by atoms with Crippen molar-refractivity contribution in [3.63, 3.8) is 0 Å². The van der Waals surface area contributed by atoms with Crippen LogP contribution in [0.4, 0.5) is 0 Å². The largest absolute Gasteiger partial charge is 0.350 e. The predicted molar refractivity (Wildman–Crippen MR) is 105 cm³/mol. The van der Waals surface area contributed by atoms with Crippen molar-refractivity contribution >= 4 is 15.9 Å². The number of hydrogen-bond acceptors (Lipinski definition) is 4. The zero-order valence-electron chi connectivity index (χ0n) is 15.6. The highest BCUT2D eigenvalue weighted by atomic mass is 32.2. The van der Waals surface area contributed by atoms with E-state index < -0.39 is 10.0 Å². The molecule has 144 valence electrons. The van der Waals surface area contributed by atoms with Gasteiger partial charge in [0.05, 0.1) is 4.90 Å². The van der Waals surface area contributed by atoms with Crippen LogP contribution in [-0.2, 0) is 16.4 Å². The molecule has 3 N–H and O–H groups in total. The van der Waals surface area contributed by atoms with E-state index in [1.807, 2.05) is 12.1 Å². The molecule has 2 aromatic carbocycles. The predicted octanol–water partition coefficient (Wildman–Crippen LogP) is 1.91. The molecule has 1 unspecified atom stereocenters. The summed E-state index contributed by atoms with van der Waals surface area (Å²) in [6.07, 6.45) is 0.976. The van der Waals surface area contributed by atoms with Crippen molar-refractivity contribution in [3.05, 3.63) is 64.7 Å². The summed E-state index contributed by atoms with van der Waals surface area (Å²) < 4.78 is 26.9. The van der Waals surface area contributed by atoms with Crippen LogP contribution in [0.3, 0.4) is 0 Å². The van der Waals surface area contributed by atoms with Crippen molar-refractivity contribution in [3.8, 4) is 0 Å². The monoisotopic (exact) mass is 387 g/mol. The second-order valence-corrected chi connectivity index (χ2v) is 8.41. The number of hydrogen-bond donors (Lipinski definition) is 3. The molecule has 0 saturated heterocycles. The van der Waals surface area contributed by atoms with Gasteiger partial charge in [0.25, 0.3) is 5.91 Å². The number of rotatable bonds is 6. The van der Waals surface area contributed by atoms with Gasteiger partial charge in [-0.3, -0.25) is 4.79 Å². The normalized spacial score (nSPS) is 16.6. The Bertz CT molecular complexity index is 941. The Hall–Kier alpha value is -2.22. The summed E-state index contributed by atoms with van der Waals surface area (Å²) in [4.78, 5) is 12.8. The molecule has 0 saturated carbocycles. The molecule has 1 aliphatic rings. The summed E-state index contributed by atoms with van der Waals surface area (Å²) in [7, 11) is -3.60. The van der Waals surface area contributed by atoms with Crippen LogP contribution in [0.1, 0.15) is 40.0 Å². The summed E-state index contributed by atoms with van der Waals surface area (Å²) in [5, 5.41) is 6.37. The number of aryl methyl sites for hydroxylation is 1. The van der Waals surface area contributed by atoms with E-state index >= 15 is 0 Å². The molecule has 0 spiro atoms. The van der Waals surface area contributed by atoms with Crippen molar-refractivity contribution in [2.75, 3.05) is 19.6 Å². The van der Waals surface area contributed by atoms with E-state index in [0.717, 1.165) is 18.5 Å². The minimum atomic E-state index is -3.60. The van der Waals surface area contributed by atoms with Crippen molar-refractivity contribution < 1.29 is 13.2 Å². The van der Waals surface area contributed by atoms with Crippen LogP contribution < -0.4 is 15.4 Å². The Balaban J connectivity index is 1.76. The first-order chi connectivity index (χ1) is 12.9. The lowest BCUT2D eigenvalue weighted by molar-refractivity contribution is 0.0948. The Labute approximate surface area is 160 Å². The summed E-state index contributed by atoms with van der Waals surface area (Å²) in [6, 6.07) is 12.9. The molecule has 3 rings (SSSR count). The average Bonchev–Trinajstić information content (AvgIpc) is 2.66. The van der Waals surface area contributed by atoms with Crippen LogP contribution in [0.15, 0.2) is 47.4 Å². The molecule has 2 aromatic rings. The van der Waals surface area contributed by atoms with Gasteiger partial charge >= 0.3 is 0 Å². The van der Waals surface area contributed by atoms with Gasteiger partial charge in [-0.2, -0.15) is 0 Å². The molecule has 1 heterocycles. The Morgan fingerprint density at radius 3 is 2.78 bits per heavy atom. The average molecular weight is 388 g/mol. The summed E-state index contributed by atoms with van der Waals surface area (Å²) in [6.45, 7) is 5.12. The van der Waals surface area contributed by atoms with Crippen LogP contribution in [0.5, 0.6) is 0 Å². The molecule has 1 atom stereocenters. The van der Waals surface area contributed by atoms with E-state index in [0.29, 0.717) is 18.7 Å². The van der Waals surface area contributed by atoms with E-state index in [4.69, 9.17) is 0 Å². The third-order valence-corrected chi connectivity index (χ3v) is 6.32. The van der Waals surface area contributed by atoms with Gasteiger partial charge in [-0.05, 0) is 48.7 Å². The van der Waals surface area contributed by atoms with Crippen molar-refractivity contribution in [2.45, 2.75) is 31.2 Å². The zero-order chi connectivity index (χ0) is 19.4. The molecule has 0 bridgehead atoms. The number of carbonyl (C=O) groups excluding carboxylic acids is 1. The fourth-order valence-corrected chi connectivity index (χ4v) is 4.42. The maximum atomic E-state index is 12.7. The van der Waals surface area contributed by atoms with Crippen LogP contribution in [0, 0.1) is 6.92 Å². The second kappa shape index (κ2) is 8.21. The highest BCUT2D eigenvalue weighted by Crippen LogP contribution is 2.22. The van der Waals surface area contributed by atoms with E-state index in [2.05, 4.69) is 27.5 Å². The van der Waals surface area contributed by atoms with Gasteiger partial charge in [0, 0.05) is 24.7 Å². The van der Waals surface area contributed by atoms with Gasteiger partial charge in [-0.25, -0.2) is 13.1 Å². The van der Waals surface area contributed by atoms with Gasteiger partial charge in [-0.1, -0.05) is 37.3 Å². The Morgan fingerprint density at radius 1 is 1.22 bits per heavy atom. The lowest BCUT2D eigenvalue weighted by Gasteiger charge is -2.27. The summed E-state index contributed by atoms with van der Waals surface area (Å²) in [5.74, 6) is -0.272. The second-order valence-electron chi connectivity index (χ2n) is 6.64. The van der Waals surface area contributed by atoms with E-state index in [1.54, 1.807) is 19.9 Å². The molecule has 0 radical (unpaired) electrons. The number of nitrogens with one attached hydrogen (secondary N) is 3. The smallest absolute Gasteiger partial charge is 0.251 e. The first-order valence-corrected chi connectivity index (χ1v) is 10.6. The first-order valence-electron chi connectivity index (χ1n) is 9.12. The van der Waals surface area contributed by atoms with Gasteiger partial charge in [0.2, 0.25) is 10.0 Å². The molecule has 0 aliphatic carbocycles. The maximum Gasteiger partial charge on any atom is 0.251 e. The first kappa shape index (κ1) is 19.5. The number of carbonyl (C=O) groups is 1. The van der Waals surface area contributed by atoms with Crippen LogP contribution in [0.25, 0.3) is 0 Å². The molecule has 6 nitrogen and oxygen atoms in total. The Morgan fingerprint density at radius 2 is 2.00 bits per heavy atom. The van der Waals surface area contributed by atoms with E-state index in [1.165, 1.54) is 23.3 Å². The quantitative estimate of drug-likeness (QED) is 0.707. The Kier molecular flexibility index (Phi) is 5.94. The van der Waals surface area contributed by atoms with Crippen LogP contribution in [-0.4, -0.2) is 34.0 Å². The lowest BCUT2D eigenvalue weighted by Crippen LogP contribution is -2.39. The lowest BCUT2D eigenvalue weighted by atomic mass is 9.94. The topological polar surface area (TPSA) is 87.3 Å². The van der Waals surface area contributed by atoms with Gasteiger partial charge in [-0.15, -0.1) is 0 Å². The molecular weight excluding hydrogens is 362 g/mol. The third-order valence-electron chi connectivity index (χ3n) is 4.78. The molecule has 1 aliphatic heterocycles. The molecule has 0 aromatic heterocycles. The standard InChI is InChI=1S/C20H25N3O3S/c1-3-23-27(25,26)16-9-8-14(2)18(12-16)20(24)22-13-19-17-7-5-4-6-15(17)10-11-21-19/h4-9,12,19,21,23H,3,10-11,13H2,1-2H3,(H,22,24). The van der Waals surface area contributed by atoms with Crippen molar-refractivity contribution in [2.24, 2.45) is 0 Å². The molecular formula is C20H25N3O3S. The fraction of sp³-hybridized carbons (Fsp3) is 0.350. The number of benzene rings is 2. The summed E-state index contributed by atoms with van der Waals surface area (Å²) in [5.41, 5.74) is 3.60. The molecule has 7 heteroatoms.